The summed E-state index contributed by atoms with van der Waals surface area (Å²) in [7, 11) is -3.64. The van der Waals surface area contributed by atoms with Gasteiger partial charge in [0.05, 0.1) is 18.0 Å². The predicted octanol–water partition coefficient (Wildman–Crippen LogP) is 3.70. The second-order valence-electron chi connectivity index (χ2n) is 8.96. The molecular weight excluding hydrogens is 499 g/mol. The van der Waals surface area contributed by atoms with Crippen molar-refractivity contribution in [2.75, 3.05) is 24.2 Å². The molecule has 2 N–H and O–H groups in total. The van der Waals surface area contributed by atoms with Crippen molar-refractivity contribution in [1.29, 1.82) is 0 Å². The highest BCUT2D eigenvalue weighted by Gasteiger charge is 2.29. The van der Waals surface area contributed by atoms with E-state index in [0.717, 1.165) is 18.4 Å². The number of likely N-dealkylation sites (tertiary alicyclic amines) is 1. The average molecular weight is 529 g/mol. The lowest BCUT2D eigenvalue weighted by Crippen LogP contribution is -2.46. The van der Waals surface area contributed by atoms with E-state index in [0.29, 0.717) is 30.4 Å². The summed E-state index contributed by atoms with van der Waals surface area (Å²) in [5.41, 5.74) is 0.120. The molecule has 4 rings (SSSR count). The molecule has 196 valence electrons. The molecule has 3 aromatic rings. The van der Waals surface area contributed by atoms with Crippen LogP contribution in [0.3, 0.4) is 0 Å². The number of carbonyl (C=O) groups excluding carboxylic acids is 1. The summed E-state index contributed by atoms with van der Waals surface area (Å²) in [5, 5.41) is 2.81. The minimum Gasteiger partial charge on any atom is -0.456 e. The Morgan fingerprint density at radius 1 is 1.24 bits per heavy atom. The molecule has 2 aromatic heterocycles. The van der Waals surface area contributed by atoms with Gasteiger partial charge in [-0.2, -0.15) is 0 Å². The molecule has 0 unspecified atom stereocenters. The van der Waals surface area contributed by atoms with Crippen LogP contribution in [0.5, 0.6) is 11.5 Å². The molecule has 0 aliphatic carbocycles. The first-order valence-corrected chi connectivity index (χ1v) is 13.7. The van der Waals surface area contributed by atoms with E-state index in [9.17, 15) is 22.4 Å². The highest BCUT2D eigenvalue weighted by molar-refractivity contribution is 7.91. The monoisotopic (exact) mass is 528 g/mol. The molecule has 1 aliphatic heterocycles. The van der Waals surface area contributed by atoms with Gasteiger partial charge in [0.2, 0.25) is 5.91 Å². The van der Waals surface area contributed by atoms with E-state index in [4.69, 9.17) is 4.74 Å². The van der Waals surface area contributed by atoms with Crippen LogP contribution >= 0.6 is 0 Å². The van der Waals surface area contributed by atoms with Crippen molar-refractivity contribution in [3.63, 3.8) is 0 Å². The van der Waals surface area contributed by atoms with Crippen LogP contribution in [-0.2, 0) is 14.6 Å². The molecule has 1 aliphatic rings. The lowest BCUT2D eigenvalue weighted by Gasteiger charge is -2.36. The van der Waals surface area contributed by atoms with E-state index < -0.39 is 21.4 Å². The topological polar surface area (TPSA) is 121 Å². The Balaban J connectivity index is 1.39. The van der Waals surface area contributed by atoms with E-state index in [1.807, 2.05) is 11.8 Å². The second-order valence-corrected chi connectivity index (χ2v) is 11.2. The molecule has 0 bridgehead atoms. The van der Waals surface area contributed by atoms with Gasteiger partial charge in [0.1, 0.15) is 28.0 Å². The Bertz CT molecular complexity index is 1410. The van der Waals surface area contributed by atoms with Gasteiger partial charge < -0.3 is 15.0 Å². The standard InChI is InChI=1S/C26H29FN4O5S/c1-3-37(34,35)23-13-19(14-29-26(23)33)18-5-4-12-31(16-18)17(2)25(32)30-24-11-10-22(15-28-24)36-21-8-6-20(27)7-9-21/h6-11,13-15,17-18H,3-5,12,16H2,1-2H3,(H,29,33)(H,28,30,32)/t17-,18+/m1/s1. The van der Waals surface area contributed by atoms with Crippen molar-refractivity contribution in [2.24, 2.45) is 0 Å². The van der Waals surface area contributed by atoms with Crippen LogP contribution in [0.15, 0.2) is 64.5 Å². The van der Waals surface area contributed by atoms with Gasteiger partial charge >= 0.3 is 0 Å². The third-order valence-electron chi connectivity index (χ3n) is 6.49. The Labute approximate surface area is 214 Å². The molecule has 1 amide bonds. The lowest BCUT2D eigenvalue weighted by atomic mass is 9.91. The number of pyridine rings is 2. The van der Waals surface area contributed by atoms with Crippen LogP contribution in [0.4, 0.5) is 10.2 Å². The van der Waals surface area contributed by atoms with Gasteiger partial charge in [-0.1, -0.05) is 6.92 Å². The van der Waals surface area contributed by atoms with Gasteiger partial charge in [0.15, 0.2) is 9.84 Å². The number of benzene rings is 1. The number of rotatable bonds is 8. The number of hydrogen-bond acceptors (Lipinski definition) is 7. The van der Waals surface area contributed by atoms with E-state index >= 15 is 0 Å². The van der Waals surface area contributed by atoms with Crippen molar-refractivity contribution in [3.05, 3.63) is 76.6 Å². The third kappa shape index (κ3) is 6.41. The van der Waals surface area contributed by atoms with Gasteiger partial charge in [-0.3, -0.25) is 14.5 Å². The largest absolute Gasteiger partial charge is 0.456 e. The van der Waals surface area contributed by atoms with Crippen LogP contribution in [0.25, 0.3) is 0 Å². The number of aromatic amines is 1. The van der Waals surface area contributed by atoms with Gasteiger partial charge in [-0.05, 0) is 80.3 Å². The molecule has 2 atom stereocenters. The summed E-state index contributed by atoms with van der Waals surface area (Å²) >= 11 is 0. The summed E-state index contributed by atoms with van der Waals surface area (Å²) in [6.45, 7) is 4.57. The van der Waals surface area contributed by atoms with Crippen molar-refractivity contribution < 1.29 is 22.3 Å². The van der Waals surface area contributed by atoms with Gasteiger partial charge in [0, 0.05) is 12.7 Å². The number of nitrogens with one attached hydrogen (secondary N) is 2. The summed E-state index contributed by atoms with van der Waals surface area (Å²) in [5.74, 6) is 0.527. The smallest absolute Gasteiger partial charge is 0.266 e. The second kappa shape index (κ2) is 11.2. The molecule has 0 radical (unpaired) electrons. The summed E-state index contributed by atoms with van der Waals surface area (Å²) in [4.78, 5) is 33.7. The number of anilines is 1. The number of H-pyrrole nitrogens is 1. The average Bonchev–Trinajstić information content (AvgIpc) is 2.91. The minimum atomic E-state index is -3.64. The molecule has 0 saturated carbocycles. The number of aromatic nitrogens is 2. The Kier molecular flexibility index (Phi) is 8.03. The first-order chi connectivity index (χ1) is 17.7. The summed E-state index contributed by atoms with van der Waals surface area (Å²) in [6, 6.07) is 9.91. The molecule has 37 heavy (non-hydrogen) atoms. The van der Waals surface area contributed by atoms with Gasteiger partial charge in [0.25, 0.3) is 5.56 Å². The first kappa shape index (κ1) is 26.5. The summed E-state index contributed by atoms with van der Waals surface area (Å²) < 4.78 is 43.3. The lowest BCUT2D eigenvalue weighted by molar-refractivity contribution is -0.121. The Hall–Kier alpha value is -3.57. The first-order valence-electron chi connectivity index (χ1n) is 12.1. The number of piperidine rings is 1. The van der Waals surface area contributed by atoms with Gasteiger partial charge in [-0.15, -0.1) is 0 Å². The zero-order valence-corrected chi connectivity index (χ0v) is 21.4. The van der Waals surface area contributed by atoms with Crippen molar-refractivity contribution in [1.82, 2.24) is 14.9 Å². The van der Waals surface area contributed by atoms with E-state index in [1.165, 1.54) is 43.5 Å². The fourth-order valence-electron chi connectivity index (χ4n) is 4.28. The maximum Gasteiger partial charge on any atom is 0.266 e. The zero-order chi connectivity index (χ0) is 26.6. The summed E-state index contributed by atoms with van der Waals surface area (Å²) in [6.07, 6.45) is 4.68. The number of carbonyl (C=O) groups is 1. The predicted molar refractivity (Wildman–Crippen MR) is 137 cm³/mol. The molecule has 1 aromatic carbocycles. The molecule has 3 heterocycles. The Morgan fingerprint density at radius 2 is 1.97 bits per heavy atom. The molecule has 9 nitrogen and oxygen atoms in total. The number of halogens is 1. The van der Waals surface area contributed by atoms with Crippen LogP contribution < -0.4 is 15.6 Å². The third-order valence-corrected chi connectivity index (χ3v) is 8.23. The molecule has 1 saturated heterocycles. The highest BCUT2D eigenvalue weighted by Crippen LogP contribution is 2.29. The Morgan fingerprint density at radius 3 is 2.65 bits per heavy atom. The van der Waals surface area contributed by atoms with Crippen LogP contribution in [0, 0.1) is 5.82 Å². The number of ether oxygens (including phenoxy) is 1. The normalized spacial score (nSPS) is 17.2. The van der Waals surface area contributed by atoms with Crippen LogP contribution in [0.1, 0.15) is 38.2 Å². The molecule has 11 heteroatoms. The maximum atomic E-state index is 13.0. The number of amides is 1. The zero-order valence-electron chi connectivity index (χ0n) is 20.6. The quantitative estimate of drug-likeness (QED) is 0.457. The van der Waals surface area contributed by atoms with Crippen molar-refractivity contribution in [3.8, 4) is 11.5 Å². The van der Waals surface area contributed by atoms with Crippen LogP contribution in [-0.4, -0.2) is 54.1 Å². The fourth-order valence-corrected chi connectivity index (χ4v) is 5.25. The minimum absolute atomic E-state index is 0.0207. The van der Waals surface area contributed by atoms with E-state index in [2.05, 4.69) is 15.3 Å². The van der Waals surface area contributed by atoms with E-state index in [-0.39, 0.29) is 28.3 Å². The molecule has 1 fully saturated rings. The van der Waals surface area contributed by atoms with E-state index in [1.54, 1.807) is 18.3 Å². The van der Waals surface area contributed by atoms with Crippen molar-refractivity contribution >= 4 is 21.6 Å². The molecule has 0 spiro atoms. The number of hydrogen-bond donors (Lipinski definition) is 2. The SMILES string of the molecule is CCS(=O)(=O)c1cc([C@H]2CCCN([C@H](C)C(=O)Nc3ccc(Oc4ccc(F)cc4)cn3)C2)c[nH]c1=O. The van der Waals surface area contributed by atoms with Gasteiger partial charge in [-0.25, -0.2) is 17.8 Å². The number of sulfone groups is 1. The fraction of sp³-hybridized carbons (Fsp3) is 0.346. The number of nitrogens with zero attached hydrogens (tertiary/aromatic N) is 2. The molecular formula is C26H29FN4O5S. The van der Waals surface area contributed by atoms with Crippen molar-refractivity contribution in [2.45, 2.75) is 43.5 Å². The highest BCUT2D eigenvalue weighted by atomic mass is 32.2. The maximum absolute atomic E-state index is 13.0. The van der Waals surface area contributed by atoms with Crippen LogP contribution in [0.2, 0.25) is 0 Å².